The van der Waals surface area contributed by atoms with Crippen LogP contribution in [0.1, 0.15) is 40.2 Å². The van der Waals surface area contributed by atoms with E-state index in [0.29, 0.717) is 6.61 Å². The lowest BCUT2D eigenvalue weighted by Crippen LogP contribution is -2.45. The number of hydrogen-bond donors (Lipinski definition) is 1. The Kier molecular flexibility index (Phi) is 5.60. The molecule has 0 saturated carbocycles. The topological polar surface area (TPSA) is 32.7 Å². The molecule has 20 heavy (non-hydrogen) atoms. The van der Waals surface area contributed by atoms with Crippen molar-refractivity contribution in [2.45, 2.75) is 45.6 Å². The van der Waals surface area contributed by atoms with Crippen LogP contribution in [0.15, 0.2) is 24.3 Å². The Morgan fingerprint density at radius 3 is 2.05 bits per heavy atom. The number of aliphatic hydroxyl groups is 1. The Balaban J connectivity index is 2.47. The first kappa shape index (κ1) is 17.0. The minimum atomic E-state index is -0.209. The maximum absolute atomic E-state index is 9.31. The minimum Gasteiger partial charge on any atom is -0.492 e. The van der Waals surface area contributed by atoms with E-state index in [4.69, 9.17) is 4.74 Å². The van der Waals surface area contributed by atoms with Crippen LogP contribution in [-0.2, 0) is 5.41 Å². The van der Waals surface area contributed by atoms with E-state index in [-0.39, 0.29) is 17.6 Å². The van der Waals surface area contributed by atoms with Crippen molar-refractivity contribution in [2.75, 3.05) is 26.8 Å². The molecule has 0 amide bonds. The number of aliphatic hydroxyl groups excluding tert-OH is 1. The molecular weight excluding hydrogens is 250 g/mol. The highest BCUT2D eigenvalue weighted by molar-refractivity contribution is 5.31. The molecule has 0 atom stereocenters. The summed E-state index contributed by atoms with van der Waals surface area (Å²) < 4.78 is 5.76. The summed E-state index contributed by atoms with van der Waals surface area (Å²) in [6.07, 6.45) is 0. The molecule has 0 bridgehead atoms. The van der Waals surface area contributed by atoms with E-state index >= 15 is 0 Å². The highest BCUT2D eigenvalue weighted by Gasteiger charge is 2.21. The summed E-state index contributed by atoms with van der Waals surface area (Å²) in [5.41, 5.74) is 1.27. The van der Waals surface area contributed by atoms with E-state index in [0.717, 1.165) is 12.3 Å². The van der Waals surface area contributed by atoms with Crippen LogP contribution in [0.5, 0.6) is 5.75 Å². The van der Waals surface area contributed by atoms with Crippen LogP contribution in [0.25, 0.3) is 0 Å². The van der Waals surface area contributed by atoms with Crippen molar-refractivity contribution < 1.29 is 9.84 Å². The van der Waals surface area contributed by atoms with Gasteiger partial charge in [0.25, 0.3) is 0 Å². The molecule has 1 aromatic carbocycles. The van der Waals surface area contributed by atoms with Gasteiger partial charge in [-0.3, -0.25) is 4.90 Å². The van der Waals surface area contributed by atoms with Gasteiger partial charge in [0.15, 0.2) is 0 Å². The fourth-order valence-electron chi connectivity index (χ4n) is 1.77. The largest absolute Gasteiger partial charge is 0.492 e. The van der Waals surface area contributed by atoms with Crippen molar-refractivity contribution in [3.63, 3.8) is 0 Å². The second-order valence-electron chi connectivity index (χ2n) is 7.01. The maximum atomic E-state index is 9.31. The van der Waals surface area contributed by atoms with Crippen LogP contribution >= 0.6 is 0 Å². The van der Waals surface area contributed by atoms with Gasteiger partial charge in [-0.2, -0.15) is 0 Å². The Labute approximate surface area is 123 Å². The molecule has 0 unspecified atom stereocenters. The quantitative estimate of drug-likeness (QED) is 0.868. The van der Waals surface area contributed by atoms with Gasteiger partial charge >= 0.3 is 0 Å². The molecule has 0 spiro atoms. The van der Waals surface area contributed by atoms with Crippen LogP contribution in [0, 0.1) is 0 Å². The average molecular weight is 279 g/mol. The Morgan fingerprint density at radius 2 is 1.60 bits per heavy atom. The van der Waals surface area contributed by atoms with Crippen molar-refractivity contribution in [3.05, 3.63) is 29.8 Å². The standard InChI is InChI=1S/C17H29NO2/c1-16(2,3)14-7-9-15(10-8-14)20-12-11-18(6)17(4,5)13-19/h7-10,19H,11-13H2,1-6H3. The second kappa shape index (κ2) is 6.59. The fourth-order valence-corrected chi connectivity index (χ4v) is 1.77. The molecule has 0 saturated heterocycles. The molecule has 1 rings (SSSR count). The zero-order valence-electron chi connectivity index (χ0n) is 13.7. The molecule has 114 valence electrons. The summed E-state index contributed by atoms with van der Waals surface area (Å²) in [6.45, 7) is 12.2. The van der Waals surface area contributed by atoms with Crippen LogP contribution < -0.4 is 4.74 Å². The van der Waals surface area contributed by atoms with Crippen LogP contribution in [-0.4, -0.2) is 42.4 Å². The molecule has 1 aromatic rings. The number of ether oxygens (including phenoxy) is 1. The highest BCUT2D eigenvalue weighted by atomic mass is 16.5. The normalized spacial score (nSPS) is 12.8. The molecular formula is C17H29NO2. The Hall–Kier alpha value is -1.06. The van der Waals surface area contributed by atoms with Crippen molar-refractivity contribution >= 4 is 0 Å². The number of hydrogen-bond acceptors (Lipinski definition) is 3. The zero-order valence-corrected chi connectivity index (χ0v) is 13.7. The summed E-state index contributed by atoms with van der Waals surface area (Å²) in [5, 5.41) is 9.31. The zero-order chi connectivity index (χ0) is 15.4. The van der Waals surface area contributed by atoms with E-state index in [1.807, 2.05) is 33.0 Å². The minimum absolute atomic E-state index is 0.143. The summed E-state index contributed by atoms with van der Waals surface area (Å²) in [7, 11) is 2.00. The van der Waals surface area contributed by atoms with Crippen molar-refractivity contribution in [3.8, 4) is 5.75 Å². The predicted molar refractivity (Wildman–Crippen MR) is 84.4 cm³/mol. The monoisotopic (exact) mass is 279 g/mol. The first-order valence-electron chi connectivity index (χ1n) is 7.22. The number of nitrogens with zero attached hydrogens (tertiary/aromatic N) is 1. The summed E-state index contributed by atoms with van der Waals surface area (Å²) in [6, 6.07) is 8.29. The molecule has 0 aliphatic rings. The van der Waals surface area contributed by atoms with Gasteiger partial charge in [0.2, 0.25) is 0 Å². The Bertz CT molecular complexity index is 404. The molecule has 3 nitrogen and oxygen atoms in total. The van der Waals surface area contributed by atoms with Crippen LogP contribution in [0.3, 0.4) is 0 Å². The number of benzene rings is 1. The lowest BCUT2D eigenvalue weighted by Gasteiger charge is -2.33. The Morgan fingerprint density at radius 1 is 1.05 bits per heavy atom. The van der Waals surface area contributed by atoms with E-state index < -0.39 is 0 Å². The number of likely N-dealkylation sites (N-methyl/N-ethyl adjacent to an activating group) is 1. The SMILES string of the molecule is CN(CCOc1ccc(C(C)(C)C)cc1)C(C)(C)CO. The van der Waals surface area contributed by atoms with E-state index in [9.17, 15) is 5.11 Å². The first-order chi connectivity index (χ1) is 9.16. The maximum Gasteiger partial charge on any atom is 0.119 e. The van der Waals surface area contributed by atoms with Gasteiger partial charge in [-0.25, -0.2) is 0 Å². The third-order valence-corrected chi connectivity index (χ3v) is 3.84. The predicted octanol–water partition coefficient (Wildman–Crippen LogP) is 3.07. The van der Waals surface area contributed by atoms with E-state index in [1.54, 1.807) is 0 Å². The molecule has 1 N–H and O–H groups in total. The van der Waals surface area contributed by atoms with Gasteiger partial charge in [-0.05, 0) is 44.0 Å². The van der Waals surface area contributed by atoms with Crippen molar-refractivity contribution in [2.24, 2.45) is 0 Å². The molecule has 0 aliphatic carbocycles. The van der Waals surface area contributed by atoms with Gasteiger partial charge in [-0.15, -0.1) is 0 Å². The number of rotatable bonds is 6. The third-order valence-electron chi connectivity index (χ3n) is 3.84. The summed E-state index contributed by atoms with van der Waals surface area (Å²) in [5.74, 6) is 0.896. The average Bonchev–Trinajstić information content (AvgIpc) is 2.38. The summed E-state index contributed by atoms with van der Waals surface area (Å²) >= 11 is 0. The van der Waals surface area contributed by atoms with Gasteiger partial charge in [0.05, 0.1) is 6.61 Å². The van der Waals surface area contributed by atoms with Gasteiger partial charge in [0.1, 0.15) is 12.4 Å². The molecule has 0 aliphatic heterocycles. The smallest absolute Gasteiger partial charge is 0.119 e. The van der Waals surface area contributed by atoms with Gasteiger partial charge < -0.3 is 9.84 Å². The van der Waals surface area contributed by atoms with Crippen molar-refractivity contribution in [1.82, 2.24) is 4.90 Å². The molecule has 0 aromatic heterocycles. The molecule has 0 fully saturated rings. The molecule has 0 heterocycles. The van der Waals surface area contributed by atoms with Crippen LogP contribution in [0.4, 0.5) is 0 Å². The van der Waals surface area contributed by atoms with Gasteiger partial charge in [0, 0.05) is 12.1 Å². The third kappa shape index (κ3) is 4.80. The van der Waals surface area contributed by atoms with E-state index in [2.05, 4.69) is 37.8 Å². The summed E-state index contributed by atoms with van der Waals surface area (Å²) in [4.78, 5) is 2.11. The van der Waals surface area contributed by atoms with Crippen molar-refractivity contribution in [1.29, 1.82) is 0 Å². The molecule has 3 heteroatoms. The molecule has 0 radical (unpaired) electrons. The van der Waals surface area contributed by atoms with Crippen LogP contribution in [0.2, 0.25) is 0 Å². The second-order valence-corrected chi connectivity index (χ2v) is 7.01. The van der Waals surface area contributed by atoms with Gasteiger partial charge in [-0.1, -0.05) is 32.9 Å². The van der Waals surface area contributed by atoms with E-state index in [1.165, 1.54) is 5.56 Å². The lowest BCUT2D eigenvalue weighted by molar-refractivity contribution is 0.0679. The fraction of sp³-hybridized carbons (Fsp3) is 0.647. The lowest BCUT2D eigenvalue weighted by atomic mass is 9.87. The highest BCUT2D eigenvalue weighted by Crippen LogP contribution is 2.24. The first-order valence-corrected chi connectivity index (χ1v) is 7.22.